The molecular formula is C26H30ClF2NO5. The van der Waals surface area contributed by atoms with Crippen LogP contribution >= 0.6 is 11.6 Å². The van der Waals surface area contributed by atoms with Crippen molar-refractivity contribution in [3.05, 3.63) is 64.7 Å². The molecule has 0 amide bonds. The quantitative estimate of drug-likeness (QED) is 0.257. The average molecular weight is 510 g/mol. The third-order valence-corrected chi connectivity index (χ3v) is 5.75. The highest BCUT2D eigenvalue weighted by Gasteiger charge is 2.31. The van der Waals surface area contributed by atoms with Gasteiger partial charge >= 0.3 is 0 Å². The molecule has 1 N–H and O–H groups in total. The van der Waals surface area contributed by atoms with E-state index in [9.17, 15) is 18.7 Å². The molecule has 9 heteroatoms. The van der Waals surface area contributed by atoms with E-state index in [0.29, 0.717) is 46.2 Å². The van der Waals surface area contributed by atoms with Crippen molar-refractivity contribution in [2.45, 2.75) is 38.7 Å². The van der Waals surface area contributed by atoms with E-state index in [4.69, 9.17) is 25.8 Å². The molecule has 1 atom stereocenters. The Labute approximate surface area is 209 Å². The summed E-state index contributed by atoms with van der Waals surface area (Å²) in [6, 6.07) is 7.95. The number of hydrogen-bond donors (Lipinski definition) is 1. The van der Waals surface area contributed by atoms with Gasteiger partial charge in [0.05, 0.1) is 24.9 Å². The van der Waals surface area contributed by atoms with Gasteiger partial charge in [0.15, 0.2) is 17.3 Å². The topological polar surface area (TPSA) is 77.9 Å². The van der Waals surface area contributed by atoms with E-state index in [1.807, 2.05) is 0 Å². The highest BCUT2D eigenvalue weighted by Crippen LogP contribution is 2.34. The van der Waals surface area contributed by atoms with Crippen molar-refractivity contribution in [3.63, 3.8) is 0 Å². The molecule has 0 aliphatic heterocycles. The molecule has 1 heterocycles. The fourth-order valence-electron chi connectivity index (χ4n) is 3.52. The summed E-state index contributed by atoms with van der Waals surface area (Å²) in [6.07, 6.45) is 2.11. The molecule has 0 aliphatic rings. The molecule has 0 fully saturated rings. The molecule has 0 spiro atoms. The van der Waals surface area contributed by atoms with Gasteiger partial charge in [0.2, 0.25) is 0 Å². The Bertz CT molecular complexity index is 1090. The lowest BCUT2D eigenvalue weighted by atomic mass is 9.88. The first-order valence-corrected chi connectivity index (χ1v) is 11.4. The third-order valence-electron chi connectivity index (χ3n) is 5.56. The second-order valence-electron chi connectivity index (χ2n) is 7.78. The van der Waals surface area contributed by atoms with Crippen molar-refractivity contribution >= 4 is 23.0 Å². The molecular weight excluding hydrogens is 480 g/mol. The van der Waals surface area contributed by atoms with Gasteiger partial charge in [-0.05, 0) is 61.7 Å². The van der Waals surface area contributed by atoms with Gasteiger partial charge in [-0.3, -0.25) is 4.79 Å². The number of carbonyl (C=O) groups excluding carboxylic acids is 1. The Kier molecular flexibility index (Phi) is 10.7. The number of halogens is 3. The lowest BCUT2D eigenvalue weighted by molar-refractivity contribution is 0.0171. The van der Waals surface area contributed by atoms with Crippen LogP contribution in [0.25, 0.3) is 5.57 Å². The van der Waals surface area contributed by atoms with Crippen LogP contribution in [0, 0.1) is 0 Å². The summed E-state index contributed by atoms with van der Waals surface area (Å²) >= 11 is 5.78. The zero-order valence-electron chi connectivity index (χ0n) is 20.2. The van der Waals surface area contributed by atoms with Crippen molar-refractivity contribution in [2.24, 2.45) is 0 Å². The first-order valence-electron chi connectivity index (χ1n) is 11.0. The van der Waals surface area contributed by atoms with Crippen molar-refractivity contribution in [3.8, 4) is 17.2 Å². The van der Waals surface area contributed by atoms with Crippen LogP contribution in [0.1, 0.15) is 54.9 Å². The van der Waals surface area contributed by atoms with E-state index in [-0.39, 0.29) is 36.6 Å². The third kappa shape index (κ3) is 7.26. The average Bonchev–Trinajstić information content (AvgIpc) is 2.89. The lowest BCUT2D eigenvalue weighted by Gasteiger charge is -2.27. The van der Waals surface area contributed by atoms with Crippen LogP contribution in [0.3, 0.4) is 0 Å². The smallest absolute Gasteiger partial charge is 0.163 e. The van der Waals surface area contributed by atoms with Gasteiger partial charge < -0.3 is 19.3 Å². The molecule has 0 saturated carbocycles. The predicted molar refractivity (Wildman–Crippen MR) is 132 cm³/mol. The highest BCUT2D eigenvalue weighted by atomic mass is 35.5. The van der Waals surface area contributed by atoms with E-state index in [0.717, 1.165) is 0 Å². The standard InChI is InChI=1S/C26H30ClF2NO5/c1-5-26(32,24-9-8-22(33-3)25(30-24)17(2)14-19(27)16-29)11-10-20(31)18-6-7-21(35-13-12-28)23(15-18)34-4/h6-9,14-16,32H,5,10-13H2,1-4H3/b17-14+,19-16-. The minimum atomic E-state index is -1.40. The van der Waals surface area contributed by atoms with Crippen LogP contribution < -0.4 is 14.2 Å². The summed E-state index contributed by atoms with van der Waals surface area (Å²) < 4.78 is 41.0. The number of Topliss-reactive ketones (excluding diaryl/α,β-unsaturated/α-hetero) is 1. The number of rotatable bonds is 13. The van der Waals surface area contributed by atoms with Gasteiger partial charge in [0.1, 0.15) is 36.7 Å². The Balaban J connectivity index is 2.28. The van der Waals surface area contributed by atoms with Gasteiger partial charge in [-0.25, -0.2) is 13.8 Å². The van der Waals surface area contributed by atoms with Gasteiger partial charge in [-0.1, -0.05) is 18.5 Å². The summed E-state index contributed by atoms with van der Waals surface area (Å²) in [5.41, 5.74) is 0.272. The maximum atomic E-state index is 12.9. The minimum Gasteiger partial charge on any atom is -0.494 e. The minimum absolute atomic E-state index is 0.0342. The number of aliphatic hydroxyl groups is 1. The number of pyridine rings is 1. The molecule has 190 valence electrons. The molecule has 1 unspecified atom stereocenters. The van der Waals surface area contributed by atoms with Gasteiger partial charge in [0, 0.05) is 12.0 Å². The number of alkyl halides is 1. The number of carbonyl (C=O) groups is 1. The maximum absolute atomic E-state index is 12.9. The van der Waals surface area contributed by atoms with Crippen LogP contribution in [0.15, 0.2) is 47.8 Å². The molecule has 0 bridgehead atoms. The number of hydrogen-bond acceptors (Lipinski definition) is 6. The van der Waals surface area contributed by atoms with Crippen LogP contribution in [0.2, 0.25) is 0 Å². The number of ether oxygens (including phenoxy) is 3. The Morgan fingerprint density at radius 3 is 2.46 bits per heavy atom. The molecule has 1 aromatic heterocycles. The summed E-state index contributed by atoms with van der Waals surface area (Å²) in [5, 5.41) is 11.3. The fraction of sp³-hybridized carbons (Fsp3) is 0.385. The fourth-order valence-corrected chi connectivity index (χ4v) is 3.68. The molecule has 6 nitrogen and oxygen atoms in total. The molecule has 0 aliphatic carbocycles. The Hall–Kier alpha value is -2.97. The molecule has 35 heavy (non-hydrogen) atoms. The van der Waals surface area contributed by atoms with E-state index in [1.165, 1.54) is 26.4 Å². The van der Waals surface area contributed by atoms with Gasteiger partial charge in [-0.2, -0.15) is 0 Å². The first-order chi connectivity index (χ1) is 16.7. The van der Waals surface area contributed by atoms with Crippen molar-refractivity contribution in [1.29, 1.82) is 0 Å². The summed E-state index contributed by atoms with van der Waals surface area (Å²) in [6.45, 7) is 2.73. The summed E-state index contributed by atoms with van der Waals surface area (Å²) in [7, 11) is 2.91. The van der Waals surface area contributed by atoms with Crippen molar-refractivity contribution in [1.82, 2.24) is 4.98 Å². The second kappa shape index (κ2) is 13.2. The number of nitrogens with zero attached hydrogens (tertiary/aromatic N) is 1. The van der Waals surface area contributed by atoms with Crippen LogP contribution in [0.5, 0.6) is 17.2 Å². The Morgan fingerprint density at radius 1 is 1.17 bits per heavy atom. The van der Waals surface area contributed by atoms with E-state index in [1.54, 1.807) is 38.1 Å². The van der Waals surface area contributed by atoms with Gasteiger partial charge in [-0.15, -0.1) is 0 Å². The number of ketones is 1. The Morgan fingerprint density at radius 2 is 1.86 bits per heavy atom. The molecule has 1 aromatic carbocycles. The van der Waals surface area contributed by atoms with E-state index >= 15 is 0 Å². The first kappa shape index (κ1) is 28.3. The lowest BCUT2D eigenvalue weighted by Crippen LogP contribution is -2.27. The normalized spacial score (nSPS) is 13.8. The monoisotopic (exact) mass is 509 g/mol. The maximum Gasteiger partial charge on any atom is 0.163 e. The zero-order valence-corrected chi connectivity index (χ0v) is 21.0. The van der Waals surface area contributed by atoms with Crippen LogP contribution in [-0.2, 0) is 5.60 Å². The van der Waals surface area contributed by atoms with Crippen molar-refractivity contribution in [2.75, 3.05) is 27.5 Å². The summed E-state index contributed by atoms with van der Waals surface area (Å²) in [5.74, 6) is 0.882. The van der Waals surface area contributed by atoms with E-state index < -0.39 is 12.3 Å². The molecule has 0 saturated heterocycles. The van der Waals surface area contributed by atoms with E-state index in [2.05, 4.69) is 4.98 Å². The predicted octanol–water partition coefficient (Wildman–Crippen LogP) is 6.16. The number of aromatic nitrogens is 1. The molecule has 0 radical (unpaired) electrons. The largest absolute Gasteiger partial charge is 0.494 e. The second-order valence-corrected chi connectivity index (χ2v) is 8.22. The highest BCUT2D eigenvalue weighted by molar-refractivity contribution is 6.31. The number of benzene rings is 1. The molecule has 2 rings (SSSR count). The SMILES string of the molecule is CCC(O)(CCC(=O)c1ccc(OCCF)c(OC)c1)c1ccc(OC)c(/C(C)=C/C(Cl)=C/F)n1. The number of methoxy groups -OCH3 is 2. The molecule has 2 aromatic rings. The zero-order chi connectivity index (χ0) is 26.0. The summed E-state index contributed by atoms with van der Waals surface area (Å²) in [4.78, 5) is 17.5. The van der Waals surface area contributed by atoms with Crippen LogP contribution in [-0.4, -0.2) is 43.4 Å². The van der Waals surface area contributed by atoms with Gasteiger partial charge in [0.25, 0.3) is 0 Å². The van der Waals surface area contributed by atoms with Crippen molar-refractivity contribution < 1.29 is 32.9 Å². The van der Waals surface area contributed by atoms with Crippen LogP contribution in [0.4, 0.5) is 8.78 Å². The number of allylic oxidation sites excluding steroid dienone is 3.